The van der Waals surface area contributed by atoms with Gasteiger partial charge in [0.2, 0.25) is 4.80 Å². The van der Waals surface area contributed by atoms with Crippen LogP contribution < -0.4 is 4.80 Å². The Morgan fingerprint density at radius 2 is 2.00 bits per heavy atom. The molecule has 0 unspecified atom stereocenters. The summed E-state index contributed by atoms with van der Waals surface area (Å²) < 4.78 is 1.81. The molecule has 8 heteroatoms. The maximum Gasteiger partial charge on any atom is 0.211 e. The highest BCUT2D eigenvalue weighted by Gasteiger charge is 2.13. The fraction of sp³-hybridized carbons (Fsp3) is 0.0500. The predicted molar refractivity (Wildman–Crippen MR) is 119 cm³/mol. The number of halogens is 2. The largest absolute Gasteiger partial charge is 0.262 e. The van der Waals surface area contributed by atoms with Crippen LogP contribution in [0.3, 0.4) is 0 Å². The van der Waals surface area contributed by atoms with E-state index in [1.165, 1.54) is 11.3 Å². The molecule has 0 saturated heterocycles. The van der Waals surface area contributed by atoms with Gasteiger partial charge in [0.15, 0.2) is 0 Å². The Bertz CT molecular complexity index is 1190. The quantitative estimate of drug-likeness (QED) is 0.331. The first kappa shape index (κ1) is 19.1. The van der Waals surface area contributed by atoms with Crippen LogP contribution >= 0.6 is 45.9 Å². The molecule has 0 radical (unpaired) electrons. The van der Waals surface area contributed by atoms with Gasteiger partial charge in [-0.05, 0) is 48.7 Å². The smallest absolute Gasteiger partial charge is 0.211 e. The molecule has 0 N–H and O–H groups in total. The van der Waals surface area contributed by atoms with Crippen LogP contribution in [0.5, 0.6) is 0 Å². The van der Waals surface area contributed by atoms with Gasteiger partial charge in [-0.15, -0.1) is 22.7 Å². The lowest BCUT2D eigenvalue weighted by Crippen LogP contribution is -2.13. The molecule has 0 amide bonds. The van der Waals surface area contributed by atoms with Crippen molar-refractivity contribution in [2.75, 3.05) is 0 Å². The minimum Gasteiger partial charge on any atom is -0.262 e. The Morgan fingerprint density at radius 3 is 2.75 bits per heavy atom. The van der Waals surface area contributed by atoms with Crippen molar-refractivity contribution in [1.29, 1.82) is 0 Å². The number of thiazole rings is 1. The summed E-state index contributed by atoms with van der Waals surface area (Å²) in [6.45, 7) is 1.98. The van der Waals surface area contributed by atoms with E-state index in [0.29, 0.717) is 10.0 Å². The average Bonchev–Trinajstić information content (AvgIpc) is 3.36. The van der Waals surface area contributed by atoms with Gasteiger partial charge < -0.3 is 0 Å². The van der Waals surface area contributed by atoms with E-state index in [9.17, 15) is 0 Å². The molecular weight excluding hydrogens is 431 g/mol. The number of hydrogen-bond donors (Lipinski definition) is 0. The third-order valence-corrected chi connectivity index (χ3v) is 6.25. The minimum atomic E-state index is 0.604. The minimum absolute atomic E-state index is 0.604. The van der Waals surface area contributed by atoms with Gasteiger partial charge in [-0.1, -0.05) is 29.3 Å². The van der Waals surface area contributed by atoms with Crippen molar-refractivity contribution >= 4 is 57.3 Å². The molecule has 3 heterocycles. The highest BCUT2D eigenvalue weighted by Crippen LogP contribution is 2.31. The van der Waals surface area contributed by atoms with Crippen molar-refractivity contribution in [3.05, 3.63) is 85.3 Å². The third-order valence-electron chi connectivity index (χ3n) is 3.89. The first-order valence-corrected chi connectivity index (χ1v) is 10.8. The number of nitrogens with zero attached hydrogens (tertiary/aromatic N) is 4. The molecule has 3 aromatic heterocycles. The number of thiophene rings is 1. The summed E-state index contributed by atoms with van der Waals surface area (Å²) in [6, 6.07) is 13.2. The maximum atomic E-state index is 6.45. The summed E-state index contributed by atoms with van der Waals surface area (Å²) in [5, 5.41) is 10.1. The summed E-state index contributed by atoms with van der Waals surface area (Å²) in [5.41, 5.74) is 3.28. The van der Waals surface area contributed by atoms with Gasteiger partial charge in [0.05, 0.1) is 33.2 Å². The second-order valence-electron chi connectivity index (χ2n) is 5.83. The molecule has 28 heavy (non-hydrogen) atoms. The highest BCUT2D eigenvalue weighted by atomic mass is 35.5. The molecule has 0 aliphatic rings. The average molecular weight is 445 g/mol. The molecule has 0 saturated carbocycles. The summed E-state index contributed by atoms with van der Waals surface area (Å²) in [6.07, 6.45) is 3.43. The van der Waals surface area contributed by atoms with E-state index in [1.807, 2.05) is 52.7 Å². The number of pyridine rings is 1. The summed E-state index contributed by atoms with van der Waals surface area (Å²) >= 11 is 15.8. The Balaban J connectivity index is 1.94. The first-order chi connectivity index (χ1) is 13.6. The zero-order valence-electron chi connectivity index (χ0n) is 14.7. The van der Waals surface area contributed by atoms with Crippen LogP contribution in [0.1, 0.15) is 11.8 Å². The fourth-order valence-electron chi connectivity index (χ4n) is 2.57. The van der Waals surface area contributed by atoms with E-state index in [0.717, 1.165) is 32.3 Å². The van der Waals surface area contributed by atoms with E-state index in [1.54, 1.807) is 35.9 Å². The SMILES string of the molecule is CC(=Nn1c(-c2cc(Cl)ccc2Cl)csc1=Nc1cccnc1)c1cccs1. The van der Waals surface area contributed by atoms with Crippen LogP contribution in [0.15, 0.2) is 75.7 Å². The topological polar surface area (TPSA) is 42.5 Å². The monoisotopic (exact) mass is 444 g/mol. The van der Waals surface area contributed by atoms with Crippen molar-refractivity contribution in [3.8, 4) is 11.3 Å². The second-order valence-corrected chi connectivity index (χ2v) is 8.45. The predicted octanol–water partition coefficient (Wildman–Crippen LogP) is 6.48. The number of benzene rings is 1. The fourth-order valence-corrected chi connectivity index (χ4v) is 4.47. The lowest BCUT2D eigenvalue weighted by atomic mass is 10.2. The van der Waals surface area contributed by atoms with E-state index < -0.39 is 0 Å². The van der Waals surface area contributed by atoms with Crippen molar-refractivity contribution in [1.82, 2.24) is 9.66 Å². The van der Waals surface area contributed by atoms with Crippen LogP contribution in [-0.4, -0.2) is 15.4 Å². The standard InChI is InChI=1S/C20H14Cl2N4S2/c1-13(19-5-3-9-27-19)25-26-18(16-10-14(21)6-7-17(16)22)12-28-20(26)24-15-4-2-8-23-11-15/h2-12H,1H3. The van der Waals surface area contributed by atoms with Gasteiger partial charge in [-0.2, -0.15) is 5.10 Å². The normalized spacial score (nSPS) is 12.5. The molecule has 0 fully saturated rings. The van der Waals surface area contributed by atoms with Gasteiger partial charge in [0, 0.05) is 22.2 Å². The molecule has 140 valence electrons. The highest BCUT2D eigenvalue weighted by molar-refractivity contribution is 7.12. The van der Waals surface area contributed by atoms with Gasteiger partial charge in [0.25, 0.3) is 0 Å². The number of rotatable bonds is 4. The van der Waals surface area contributed by atoms with E-state index in [2.05, 4.69) is 4.98 Å². The molecule has 4 aromatic rings. The third kappa shape index (κ3) is 4.10. The molecule has 4 nitrogen and oxygen atoms in total. The summed E-state index contributed by atoms with van der Waals surface area (Å²) in [4.78, 5) is 10.7. The molecule has 0 aliphatic carbocycles. The van der Waals surface area contributed by atoms with Gasteiger partial charge in [-0.3, -0.25) is 4.98 Å². The second kappa shape index (κ2) is 8.41. The van der Waals surface area contributed by atoms with Crippen LogP contribution in [0.4, 0.5) is 5.69 Å². The van der Waals surface area contributed by atoms with Crippen LogP contribution in [0, 0.1) is 0 Å². The Kier molecular flexibility index (Phi) is 5.73. The van der Waals surface area contributed by atoms with Gasteiger partial charge in [-0.25, -0.2) is 9.67 Å². The molecule has 0 bridgehead atoms. The first-order valence-electron chi connectivity index (χ1n) is 8.32. The number of hydrogen-bond acceptors (Lipinski definition) is 5. The van der Waals surface area contributed by atoms with Crippen molar-refractivity contribution in [3.63, 3.8) is 0 Å². The Hall–Kier alpha value is -2.25. The molecule has 1 aromatic carbocycles. The lowest BCUT2D eigenvalue weighted by Gasteiger charge is -2.07. The summed E-state index contributed by atoms with van der Waals surface area (Å²) in [5.74, 6) is 0. The maximum absolute atomic E-state index is 6.45. The zero-order chi connectivity index (χ0) is 19.5. The van der Waals surface area contributed by atoms with E-state index >= 15 is 0 Å². The lowest BCUT2D eigenvalue weighted by molar-refractivity contribution is 0.848. The van der Waals surface area contributed by atoms with Crippen LogP contribution in [0.25, 0.3) is 11.3 Å². The molecule has 4 rings (SSSR count). The Labute approximate surface area is 180 Å². The molecular formula is C20H14Cl2N4S2. The van der Waals surface area contributed by atoms with E-state index in [4.69, 9.17) is 33.3 Å². The summed E-state index contributed by atoms with van der Waals surface area (Å²) in [7, 11) is 0. The molecule has 0 spiro atoms. The van der Waals surface area contributed by atoms with Crippen molar-refractivity contribution in [2.24, 2.45) is 10.1 Å². The Morgan fingerprint density at radius 1 is 1.11 bits per heavy atom. The van der Waals surface area contributed by atoms with Crippen LogP contribution in [-0.2, 0) is 0 Å². The molecule has 0 aliphatic heterocycles. The molecule has 0 atom stereocenters. The van der Waals surface area contributed by atoms with Crippen molar-refractivity contribution < 1.29 is 0 Å². The van der Waals surface area contributed by atoms with E-state index in [-0.39, 0.29) is 0 Å². The van der Waals surface area contributed by atoms with Crippen LogP contribution in [0.2, 0.25) is 10.0 Å². The number of aromatic nitrogens is 2. The van der Waals surface area contributed by atoms with Crippen molar-refractivity contribution in [2.45, 2.75) is 6.92 Å². The zero-order valence-corrected chi connectivity index (χ0v) is 17.9. The van der Waals surface area contributed by atoms with Gasteiger partial charge in [0.1, 0.15) is 0 Å². The van der Waals surface area contributed by atoms with Gasteiger partial charge >= 0.3 is 0 Å².